The number of aryl methyl sites for hydroxylation is 1. The highest BCUT2D eigenvalue weighted by Crippen LogP contribution is 2.33. The van der Waals surface area contributed by atoms with Gasteiger partial charge in [-0.3, -0.25) is 4.90 Å². The number of likely N-dealkylation sites (N-methyl/N-ethyl adjacent to an activating group) is 1. The Kier molecular flexibility index (Phi) is 9.50. The molecular formula is C31H45N9OS. The first-order valence-electron chi connectivity index (χ1n) is 15.5. The first kappa shape index (κ1) is 29.3. The second-order valence-corrected chi connectivity index (χ2v) is 12.4. The van der Waals surface area contributed by atoms with Crippen LogP contribution in [0.15, 0.2) is 29.1 Å². The van der Waals surface area contributed by atoms with E-state index in [4.69, 9.17) is 20.4 Å². The van der Waals surface area contributed by atoms with Crippen LogP contribution < -0.4 is 21.3 Å². The van der Waals surface area contributed by atoms with Crippen molar-refractivity contribution in [1.82, 2.24) is 24.8 Å². The van der Waals surface area contributed by atoms with E-state index in [1.54, 1.807) is 11.3 Å². The molecule has 226 valence electrons. The molecule has 3 aliphatic heterocycles. The molecule has 3 fully saturated rings. The Hall–Kier alpha value is -2.83. The highest BCUT2D eigenvalue weighted by molar-refractivity contribution is 7.07. The van der Waals surface area contributed by atoms with Crippen LogP contribution in [-0.2, 0) is 17.7 Å². The minimum Gasteiger partial charge on any atom is -0.381 e. The molecule has 11 heteroatoms. The smallest absolute Gasteiger partial charge is 0.156 e. The Balaban J connectivity index is 1.19. The van der Waals surface area contributed by atoms with Crippen LogP contribution >= 0.6 is 11.3 Å². The van der Waals surface area contributed by atoms with E-state index in [2.05, 4.69) is 62.5 Å². The van der Waals surface area contributed by atoms with Crippen molar-refractivity contribution in [2.24, 2.45) is 5.73 Å². The number of nitrogens with one attached hydrogen (secondary N) is 2. The molecule has 0 spiro atoms. The quantitative estimate of drug-likeness (QED) is 0.336. The molecule has 5 heterocycles. The van der Waals surface area contributed by atoms with E-state index in [-0.39, 0.29) is 12.6 Å². The minimum absolute atomic E-state index is 0.283. The van der Waals surface area contributed by atoms with Crippen LogP contribution in [0.25, 0.3) is 11.4 Å². The summed E-state index contributed by atoms with van der Waals surface area (Å²) in [6, 6.07) is 7.71. The minimum atomic E-state index is 0.283. The lowest BCUT2D eigenvalue weighted by atomic mass is 10.00. The van der Waals surface area contributed by atoms with Gasteiger partial charge in [0.1, 0.15) is 11.4 Å². The molecule has 0 bridgehead atoms. The maximum atomic E-state index is 6.20. The normalized spacial score (nSPS) is 19.7. The van der Waals surface area contributed by atoms with Gasteiger partial charge in [0.2, 0.25) is 0 Å². The van der Waals surface area contributed by atoms with Crippen LogP contribution in [0.4, 0.5) is 23.0 Å². The fraction of sp³-hybridized carbons (Fsp3) is 0.581. The lowest BCUT2D eigenvalue weighted by molar-refractivity contribution is 0.0904. The summed E-state index contributed by atoms with van der Waals surface area (Å²) in [4.78, 5) is 22.3. The van der Waals surface area contributed by atoms with Crippen LogP contribution in [0.2, 0.25) is 0 Å². The Morgan fingerprint density at radius 3 is 2.48 bits per heavy atom. The van der Waals surface area contributed by atoms with Crippen molar-refractivity contribution >= 4 is 34.3 Å². The molecule has 3 aromatic rings. The van der Waals surface area contributed by atoms with E-state index < -0.39 is 0 Å². The zero-order valence-corrected chi connectivity index (χ0v) is 25.8. The fourth-order valence-electron chi connectivity index (χ4n) is 6.41. The molecule has 0 saturated carbocycles. The number of rotatable bonds is 9. The average Bonchev–Trinajstić information content (AvgIpc) is 3.57. The number of benzene rings is 1. The van der Waals surface area contributed by atoms with Crippen LogP contribution in [0, 0.1) is 0 Å². The maximum Gasteiger partial charge on any atom is 0.156 e. The van der Waals surface area contributed by atoms with Crippen molar-refractivity contribution in [2.75, 3.05) is 75.1 Å². The number of aromatic nitrogens is 3. The third-order valence-corrected chi connectivity index (χ3v) is 9.57. The number of piperidine rings is 1. The van der Waals surface area contributed by atoms with Crippen LogP contribution in [-0.4, -0.2) is 96.4 Å². The summed E-state index contributed by atoms with van der Waals surface area (Å²) in [5.74, 6) is 1.43. The molecule has 3 aliphatic rings. The fourth-order valence-corrected chi connectivity index (χ4v) is 6.94. The van der Waals surface area contributed by atoms with E-state index in [1.165, 1.54) is 50.3 Å². The van der Waals surface area contributed by atoms with Crippen LogP contribution in [0.1, 0.15) is 43.9 Å². The molecular weight excluding hydrogens is 546 g/mol. The average molecular weight is 592 g/mol. The topological polar surface area (TPSA) is 108 Å². The Morgan fingerprint density at radius 2 is 1.79 bits per heavy atom. The van der Waals surface area contributed by atoms with E-state index in [1.807, 2.05) is 10.9 Å². The number of ether oxygens (including phenoxy) is 1. The number of anilines is 4. The van der Waals surface area contributed by atoms with Gasteiger partial charge in [-0.05, 0) is 62.9 Å². The second-order valence-electron chi connectivity index (χ2n) is 11.7. The number of nitrogens with two attached hydrogens (primary N) is 1. The molecule has 6 rings (SSSR count). The Morgan fingerprint density at radius 1 is 1.00 bits per heavy atom. The summed E-state index contributed by atoms with van der Waals surface area (Å²) in [6.07, 6.45) is 5.31. The summed E-state index contributed by atoms with van der Waals surface area (Å²) in [7, 11) is 2.23. The third kappa shape index (κ3) is 6.70. The predicted molar refractivity (Wildman–Crippen MR) is 172 cm³/mol. The first-order chi connectivity index (χ1) is 20.6. The third-order valence-electron chi connectivity index (χ3n) is 8.98. The van der Waals surface area contributed by atoms with Gasteiger partial charge >= 0.3 is 0 Å². The van der Waals surface area contributed by atoms with Crippen LogP contribution in [0.3, 0.4) is 0 Å². The molecule has 42 heavy (non-hydrogen) atoms. The van der Waals surface area contributed by atoms with Gasteiger partial charge in [-0.2, -0.15) is 0 Å². The van der Waals surface area contributed by atoms with Gasteiger partial charge in [0.05, 0.1) is 11.2 Å². The van der Waals surface area contributed by atoms with E-state index in [9.17, 15) is 0 Å². The van der Waals surface area contributed by atoms with Crippen molar-refractivity contribution in [3.05, 3.63) is 40.3 Å². The van der Waals surface area contributed by atoms with Gasteiger partial charge in [-0.1, -0.05) is 6.92 Å². The standard InChI is InChI=1S/C31H45N9OS/c1-3-22-18-24(4-5-28(22)40-10-6-25(7-11-40)39-14-12-38(2)13-15-39)35-30-26(19-32)36-29(27-20-42-21-33-27)31(37-30)34-23-8-16-41-17-9-23/h4-5,18,20-21,23,25H,3,6-17,19,32H2,1-2H3,(H2,34,35,37). The molecule has 0 amide bonds. The summed E-state index contributed by atoms with van der Waals surface area (Å²) in [5, 5.41) is 9.21. The van der Waals surface area contributed by atoms with Crippen molar-refractivity contribution in [3.63, 3.8) is 0 Å². The molecule has 0 unspecified atom stereocenters. The highest BCUT2D eigenvalue weighted by atomic mass is 32.1. The monoisotopic (exact) mass is 591 g/mol. The van der Waals surface area contributed by atoms with Crippen molar-refractivity contribution in [2.45, 2.75) is 57.7 Å². The molecule has 10 nitrogen and oxygen atoms in total. The zero-order valence-electron chi connectivity index (χ0n) is 25.0. The van der Waals surface area contributed by atoms with Gasteiger partial charge in [0.15, 0.2) is 11.6 Å². The Bertz CT molecular complexity index is 1300. The van der Waals surface area contributed by atoms with Gasteiger partial charge in [0.25, 0.3) is 0 Å². The lowest BCUT2D eigenvalue weighted by Gasteiger charge is -2.43. The van der Waals surface area contributed by atoms with Crippen molar-refractivity contribution in [3.8, 4) is 11.4 Å². The molecule has 3 saturated heterocycles. The van der Waals surface area contributed by atoms with Crippen LogP contribution in [0.5, 0.6) is 0 Å². The molecule has 1 aromatic carbocycles. The molecule has 2 aromatic heterocycles. The number of piperazine rings is 1. The van der Waals surface area contributed by atoms with E-state index in [0.29, 0.717) is 11.9 Å². The SMILES string of the molecule is CCc1cc(Nc2nc(NC3CCOCC3)c(-c3cscn3)nc2CN)ccc1N1CCC(N2CCN(C)CC2)CC1. The number of hydrogen-bond donors (Lipinski definition) is 3. The summed E-state index contributed by atoms with van der Waals surface area (Å²) in [5.41, 5.74) is 14.0. The lowest BCUT2D eigenvalue weighted by Crippen LogP contribution is -2.52. The van der Waals surface area contributed by atoms with E-state index in [0.717, 1.165) is 74.2 Å². The van der Waals surface area contributed by atoms with Crippen molar-refractivity contribution < 1.29 is 4.74 Å². The van der Waals surface area contributed by atoms with E-state index >= 15 is 0 Å². The van der Waals surface area contributed by atoms with Gasteiger partial charge in [-0.15, -0.1) is 11.3 Å². The molecule has 0 radical (unpaired) electrons. The summed E-state index contributed by atoms with van der Waals surface area (Å²) < 4.78 is 5.57. The number of thiazole rings is 1. The molecule has 0 aliphatic carbocycles. The largest absolute Gasteiger partial charge is 0.381 e. The Labute approximate surface area is 253 Å². The first-order valence-corrected chi connectivity index (χ1v) is 16.5. The molecule has 4 N–H and O–H groups in total. The van der Waals surface area contributed by atoms with Gasteiger partial charge < -0.3 is 30.9 Å². The predicted octanol–water partition coefficient (Wildman–Crippen LogP) is 4.17. The summed E-state index contributed by atoms with van der Waals surface area (Å²) in [6.45, 7) is 11.0. The number of hydrogen-bond acceptors (Lipinski definition) is 11. The maximum absolute atomic E-state index is 6.20. The molecule has 0 atom stereocenters. The van der Waals surface area contributed by atoms with Gasteiger partial charge in [-0.25, -0.2) is 15.0 Å². The highest BCUT2D eigenvalue weighted by Gasteiger charge is 2.27. The van der Waals surface area contributed by atoms with Gasteiger partial charge in [0, 0.05) is 87.9 Å². The zero-order chi connectivity index (χ0) is 28.9. The van der Waals surface area contributed by atoms with Crippen molar-refractivity contribution in [1.29, 1.82) is 0 Å². The summed E-state index contributed by atoms with van der Waals surface area (Å²) >= 11 is 1.55. The number of nitrogens with zero attached hydrogens (tertiary/aromatic N) is 6. The second kappa shape index (κ2) is 13.6.